The molecule has 2 aromatic rings. The molecule has 3 rings (SSSR count). The molecule has 7 heteroatoms. The number of amides is 3. The maximum atomic E-state index is 13.4. The molecule has 1 aliphatic rings. The number of halogens is 1. The summed E-state index contributed by atoms with van der Waals surface area (Å²) < 4.78 is 18.5. The molecule has 1 atom stereocenters. The summed E-state index contributed by atoms with van der Waals surface area (Å²) >= 11 is 0. The number of ether oxygens (including phenoxy) is 1. The van der Waals surface area contributed by atoms with Crippen LogP contribution in [0.25, 0.3) is 0 Å². The SMILES string of the molecule is CCCC[C@]1(c2ccc(F)cc2)NC(=O)N(CC(=O)c2ccc(OC)cc2)C1=O. The second-order valence-corrected chi connectivity index (χ2v) is 6.99. The molecule has 0 aromatic heterocycles. The molecule has 0 spiro atoms. The van der Waals surface area contributed by atoms with Gasteiger partial charge < -0.3 is 10.1 Å². The molecule has 0 radical (unpaired) electrons. The van der Waals surface area contributed by atoms with Crippen LogP contribution in [0.15, 0.2) is 48.5 Å². The Hall–Kier alpha value is -3.22. The average molecular weight is 398 g/mol. The normalized spacial score (nSPS) is 18.7. The fourth-order valence-electron chi connectivity index (χ4n) is 3.47. The molecule has 1 fully saturated rings. The van der Waals surface area contributed by atoms with Crippen LogP contribution in [0.3, 0.4) is 0 Å². The molecule has 152 valence electrons. The second-order valence-electron chi connectivity index (χ2n) is 6.99. The summed E-state index contributed by atoms with van der Waals surface area (Å²) in [6.45, 7) is 1.61. The Morgan fingerprint density at radius 3 is 2.34 bits per heavy atom. The number of hydrogen-bond acceptors (Lipinski definition) is 4. The van der Waals surface area contributed by atoms with Gasteiger partial charge in [0.05, 0.1) is 13.7 Å². The van der Waals surface area contributed by atoms with E-state index in [4.69, 9.17) is 4.74 Å². The highest BCUT2D eigenvalue weighted by molar-refractivity contribution is 6.11. The average Bonchev–Trinajstić information content (AvgIpc) is 2.97. The fourth-order valence-corrected chi connectivity index (χ4v) is 3.47. The van der Waals surface area contributed by atoms with Crippen LogP contribution < -0.4 is 10.1 Å². The molecule has 2 aromatic carbocycles. The fraction of sp³-hybridized carbons (Fsp3) is 0.318. The first-order chi connectivity index (χ1) is 13.9. The number of urea groups is 1. The third kappa shape index (κ3) is 3.99. The Balaban J connectivity index is 1.86. The topological polar surface area (TPSA) is 75.7 Å². The summed E-state index contributed by atoms with van der Waals surface area (Å²) in [5.41, 5.74) is -0.412. The van der Waals surface area contributed by atoms with E-state index in [-0.39, 0.29) is 12.3 Å². The number of nitrogens with zero attached hydrogens (tertiary/aromatic N) is 1. The first-order valence-electron chi connectivity index (χ1n) is 9.48. The standard InChI is InChI=1S/C22H23FN2O4/c1-3-4-13-22(16-7-9-17(23)10-8-16)20(27)25(21(28)24-22)14-19(26)15-5-11-18(29-2)12-6-15/h5-12H,3-4,13-14H2,1-2H3,(H,24,28)/t22-/m1/s1. The smallest absolute Gasteiger partial charge is 0.325 e. The van der Waals surface area contributed by atoms with Crippen molar-refractivity contribution in [1.29, 1.82) is 0 Å². The van der Waals surface area contributed by atoms with Gasteiger partial charge in [-0.2, -0.15) is 0 Å². The van der Waals surface area contributed by atoms with Crippen molar-refractivity contribution >= 4 is 17.7 Å². The van der Waals surface area contributed by atoms with Gasteiger partial charge in [0.15, 0.2) is 5.78 Å². The number of rotatable bonds is 8. The number of carbonyl (C=O) groups excluding carboxylic acids is 3. The van der Waals surface area contributed by atoms with Crippen molar-refractivity contribution in [3.8, 4) is 5.75 Å². The lowest BCUT2D eigenvalue weighted by atomic mass is 9.84. The van der Waals surface area contributed by atoms with Crippen molar-refractivity contribution in [2.45, 2.75) is 31.7 Å². The highest BCUT2D eigenvalue weighted by Gasteiger charge is 2.52. The van der Waals surface area contributed by atoms with Gasteiger partial charge in [0.25, 0.3) is 5.91 Å². The summed E-state index contributed by atoms with van der Waals surface area (Å²) in [4.78, 5) is 39.5. The molecule has 1 N–H and O–H groups in total. The van der Waals surface area contributed by atoms with E-state index in [1.165, 1.54) is 31.4 Å². The Kier molecular flexibility index (Phi) is 5.96. The van der Waals surface area contributed by atoms with Crippen LogP contribution in [0.4, 0.5) is 9.18 Å². The van der Waals surface area contributed by atoms with Crippen LogP contribution in [0, 0.1) is 5.82 Å². The molecule has 1 saturated heterocycles. The third-order valence-electron chi connectivity index (χ3n) is 5.13. The van der Waals surface area contributed by atoms with E-state index in [2.05, 4.69) is 5.32 Å². The summed E-state index contributed by atoms with van der Waals surface area (Å²) in [7, 11) is 1.52. The van der Waals surface area contributed by atoms with Crippen molar-refractivity contribution in [1.82, 2.24) is 10.2 Å². The first-order valence-corrected chi connectivity index (χ1v) is 9.48. The minimum Gasteiger partial charge on any atom is -0.497 e. The number of imide groups is 1. The number of Topliss-reactive ketones (excluding diaryl/α,β-unsaturated/α-hetero) is 1. The lowest BCUT2D eigenvalue weighted by Gasteiger charge is -2.27. The van der Waals surface area contributed by atoms with Crippen LogP contribution >= 0.6 is 0 Å². The van der Waals surface area contributed by atoms with Gasteiger partial charge in [-0.15, -0.1) is 0 Å². The van der Waals surface area contributed by atoms with E-state index in [0.717, 1.165) is 11.3 Å². The van der Waals surface area contributed by atoms with E-state index < -0.39 is 23.3 Å². The highest BCUT2D eigenvalue weighted by Crippen LogP contribution is 2.34. The molecule has 3 amide bonds. The molecular formula is C22H23FN2O4. The largest absolute Gasteiger partial charge is 0.497 e. The van der Waals surface area contributed by atoms with Gasteiger partial charge in [-0.1, -0.05) is 31.9 Å². The van der Waals surface area contributed by atoms with Crippen LogP contribution in [0.1, 0.15) is 42.1 Å². The number of unbranched alkanes of at least 4 members (excludes halogenated alkanes) is 1. The molecule has 1 aliphatic heterocycles. The molecule has 29 heavy (non-hydrogen) atoms. The summed E-state index contributed by atoms with van der Waals surface area (Å²) in [6, 6.07) is 11.3. The first kappa shape index (κ1) is 20.5. The van der Waals surface area contributed by atoms with Crippen molar-refractivity contribution in [2.24, 2.45) is 0 Å². The second kappa shape index (κ2) is 8.43. The molecule has 0 bridgehead atoms. The quantitative estimate of drug-likeness (QED) is 0.544. The van der Waals surface area contributed by atoms with Gasteiger partial charge in [0, 0.05) is 5.56 Å². The van der Waals surface area contributed by atoms with Crippen LogP contribution in [-0.2, 0) is 10.3 Å². The highest BCUT2D eigenvalue weighted by atomic mass is 19.1. The zero-order valence-corrected chi connectivity index (χ0v) is 16.4. The monoisotopic (exact) mass is 398 g/mol. The molecule has 0 unspecified atom stereocenters. The minimum atomic E-state index is -1.29. The maximum absolute atomic E-state index is 13.4. The molecular weight excluding hydrogens is 375 g/mol. The van der Waals surface area contributed by atoms with E-state index in [9.17, 15) is 18.8 Å². The zero-order valence-electron chi connectivity index (χ0n) is 16.4. The molecule has 0 aliphatic carbocycles. The van der Waals surface area contributed by atoms with E-state index in [1.54, 1.807) is 24.3 Å². The lowest BCUT2D eigenvalue weighted by molar-refractivity contribution is -0.131. The Labute approximate surface area is 168 Å². The van der Waals surface area contributed by atoms with Gasteiger partial charge in [-0.3, -0.25) is 14.5 Å². The maximum Gasteiger partial charge on any atom is 0.325 e. The van der Waals surface area contributed by atoms with Crippen LogP contribution in [0.5, 0.6) is 5.75 Å². The predicted octanol–water partition coefficient (Wildman–Crippen LogP) is 3.65. The number of benzene rings is 2. The van der Waals surface area contributed by atoms with Gasteiger partial charge >= 0.3 is 6.03 Å². The van der Waals surface area contributed by atoms with Crippen molar-refractivity contribution in [3.63, 3.8) is 0 Å². The summed E-state index contributed by atoms with van der Waals surface area (Å²) in [5.74, 6) is -0.680. The third-order valence-corrected chi connectivity index (χ3v) is 5.13. The zero-order chi connectivity index (χ0) is 21.0. The van der Waals surface area contributed by atoms with Crippen molar-refractivity contribution < 1.29 is 23.5 Å². The van der Waals surface area contributed by atoms with Crippen molar-refractivity contribution in [2.75, 3.05) is 13.7 Å². The number of nitrogens with one attached hydrogen (secondary N) is 1. The van der Waals surface area contributed by atoms with Gasteiger partial charge in [-0.25, -0.2) is 9.18 Å². The number of hydrogen-bond donors (Lipinski definition) is 1. The summed E-state index contributed by atoms with van der Waals surface area (Å²) in [6.07, 6.45) is 1.87. The Morgan fingerprint density at radius 2 is 1.76 bits per heavy atom. The summed E-state index contributed by atoms with van der Waals surface area (Å²) in [5, 5.41) is 2.76. The van der Waals surface area contributed by atoms with Crippen LogP contribution in [0.2, 0.25) is 0 Å². The number of ketones is 1. The van der Waals surface area contributed by atoms with Gasteiger partial charge in [0.2, 0.25) is 0 Å². The predicted molar refractivity (Wildman–Crippen MR) is 105 cm³/mol. The van der Waals surface area contributed by atoms with E-state index in [1.807, 2.05) is 6.92 Å². The van der Waals surface area contributed by atoms with Gasteiger partial charge in [0.1, 0.15) is 17.1 Å². The van der Waals surface area contributed by atoms with E-state index in [0.29, 0.717) is 29.7 Å². The Bertz CT molecular complexity index is 911. The van der Waals surface area contributed by atoms with Crippen LogP contribution in [-0.4, -0.2) is 36.3 Å². The lowest BCUT2D eigenvalue weighted by Crippen LogP contribution is -2.44. The van der Waals surface area contributed by atoms with Crippen molar-refractivity contribution in [3.05, 3.63) is 65.5 Å². The molecule has 1 heterocycles. The van der Waals surface area contributed by atoms with Gasteiger partial charge in [-0.05, 0) is 48.4 Å². The molecule has 0 saturated carbocycles. The Morgan fingerprint density at radius 1 is 1.10 bits per heavy atom. The van der Waals surface area contributed by atoms with E-state index >= 15 is 0 Å². The minimum absolute atomic E-state index is 0.360. The number of carbonyl (C=O) groups is 3. The number of methoxy groups -OCH3 is 1. The molecule has 6 nitrogen and oxygen atoms in total.